The Hall–Kier alpha value is -0.800. The van der Waals surface area contributed by atoms with Crippen LogP contribution in [0, 0.1) is 0 Å². The molecule has 0 aromatic carbocycles. The van der Waals surface area contributed by atoms with E-state index in [9.17, 15) is 0 Å². The Morgan fingerprint density at radius 3 is 2.94 bits per heavy atom. The summed E-state index contributed by atoms with van der Waals surface area (Å²) in [6, 6.07) is 3.58. The van der Waals surface area contributed by atoms with Gasteiger partial charge in [-0.3, -0.25) is 0 Å². The highest BCUT2D eigenvalue weighted by atomic mass is 35.5. The molecule has 1 aliphatic carbocycles. The molecule has 0 bridgehead atoms. The molecule has 1 aliphatic rings. The number of rotatable bonds is 3. The molecule has 0 amide bonds. The molecule has 3 nitrogen and oxygen atoms in total. The molecule has 1 saturated carbocycles. The number of pyridine rings is 1. The number of aromatic nitrogens is 1. The predicted molar refractivity (Wildman–Crippen MR) is 62.9 cm³/mol. The number of ether oxygens (including phenoxy) is 2. The normalized spacial score (nSPS) is 25.4. The molecular weight excluding hydrogens is 226 g/mol. The summed E-state index contributed by atoms with van der Waals surface area (Å²) in [7, 11) is 1.76. The summed E-state index contributed by atoms with van der Waals surface area (Å²) in [6.45, 7) is 0. The number of methoxy groups -OCH3 is 1. The minimum absolute atomic E-state index is 0.233. The van der Waals surface area contributed by atoms with Crippen LogP contribution in [-0.2, 0) is 4.74 Å². The van der Waals surface area contributed by atoms with Gasteiger partial charge in [-0.1, -0.05) is 11.6 Å². The van der Waals surface area contributed by atoms with Gasteiger partial charge >= 0.3 is 0 Å². The molecule has 2 atom stereocenters. The molecule has 1 aromatic rings. The van der Waals surface area contributed by atoms with E-state index in [1.807, 2.05) is 6.07 Å². The van der Waals surface area contributed by atoms with E-state index in [-0.39, 0.29) is 6.10 Å². The van der Waals surface area contributed by atoms with Crippen molar-refractivity contribution in [2.24, 2.45) is 0 Å². The highest BCUT2D eigenvalue weighted by Gasteiger charge is 2.22. The van der Waals surface area contributed by atoms with Crippen LogP contribution in [0.1, 0.15) is 25.7 Å². The first-order valence-electron chi connectivity index (χ1n) is 5.59. The molecule has 2 rings (SSSR count). The Kier molecular flexibility index (Phi) is 4.02. The summed E-state index contributed by atoms with van der Waals surface area (Å²) < 4.78 is 11.2. The first-order chi connectivity index (χ1) is 7.78. The van der Waals surface area contributed by atoms with Crippen LogP contribution in [0.2, 0.25) is 5.15 Å². The maximum Gasteiger partial charge on any atom is 0.132 e. The fourth-order valence-corrected chi connectivity index (χ4v) is 2.24. The van der Waals surface area contributed by atoms with Gasteiger partial charge in [0.15, 0.2) is 0 Å². The summed E-state index contributed by atoms with van der Waals surface area (Å²) in [5.74, 6) is 0.793. The molecule has 4 heteroatoms. The van der Waals surface area contributed by atoms with Gasteiger partial charge in [0, 0.05) is 25.8 Å². The van der Waals surface area contributed by atoms with Crippen molar-refractivity contribution < 1.29 is 9.47 Å². The minimum Gasteiger partial charge on any atom is -0.490 e. The van der Waals surface area contributed by atoms with Gasteiger partial charge in [-0.25, -0.2) is 4.98 Å². The zero-order valence-corrected chi connectivity index (χ0v) is 10.1. The van der Waals surface area contributed by atoms with Crippen molar-refractivity contribution >= 4 is 11.6 Å². The molecule has 0 N–H and O–H groups in total. The van der Waals surface area contributed by atoms with E-state index in [0.29, 0.717) is 11.3 Å². The molecule has 16 heavy (non-hydrogen) atoms. The summed E-state index contributed by atoms with van der Waals surface area (Å²) in [4.78, 5) is 3.92. The van der Waals surface area contributed by atoms with Crippen LogP contribution in [-0.4, -0.2) is 24.3 Å². The fraction of sp³-hybridized carbons (Fsp3) is 0.583. The van der Waals surface area contributed by atoms with Gasteiger partial charge in [0.1, 0.15) is 17.0 Å². The monoisotopic (exact) mass is 241 g/mol. The van der Waals surface area contributed by atoms with Crippen molar-refractivity contribution in [3.63, 3.8) is 0 Å². The van der Waals surface area contributed by atoms with Crippen LogP contribution in [0.25, 0.3) is 0 Å². The molecule has 0 radical (unpaired) electrons. The summed E-state index contributed by atoms with van der Waals surface area (Å²) in [6.07, 6.45) is 6.55. The predicted octanol–water partition coefficient (Wildman–Crippen LogP) is 3.07. The van der Waals surface area contributed by atoms with Crippen LogP contribution in [0.4, 0.5) is 0 Å². The zero-order valence-electron chi connectivity index (χ0n) is 9.36. The maximum atomic E-state index is 5.86. The van der Waals surface area contributed by atoms with Crippen LogP contribution >= 0.6 is 11.6 Å². The second-order valence-electron chi connectivity index (χ2n) is 4.08. The van der Waals surface area contributed by atoms with Crippen LogP contribution < -0.4 is 4.74 Å². The van der Waals surface area contributed by atoms with Gasteiger partial charge < -0.3 is 9.47 Å². The Morgan fingerprint density at radius 2 is 2.19 bits per heavy atom. The average Bonchev–Trinajstić information content (AvgIpc) is 2.29. The number of hydrogen-bond donors (Lipinski definition) is 0. The SMILES string of the molecule is COC1CCCC(Oc2ccnc(Cl)c2)C1. The third-order valence-corrected chi connectivity index (χ3v) is 3.12. The van der Waals surface area contributed by atoms with Gasteiger partial charge in [-0.15, -0.1) is 0 Å². The number of nitrogens with zero attached hydrogens (tertiary/aromatic N) is 1. The molecule has 0 saturated heterocycles. The summed E-state index contributed by atoms with van der Waals surface area (Å²) >= 11 is 5.80. The Balaban J connectivity index is 1.94. The van der Waals surface area contributed by atoms with Crippen molar-refractivity contribution in [1.29, 1.82) is 0 Å². The fourth-order valence-electron chi connectivity index (χ4n) is 2.07. The van der Waals surface area contributed by atoms with Crippen molar-refractivity contribution in [3.8, 4) is 5.75 Å². The Labute approximate surface area is 101 Å². The van der Waals surface area contributed by atoms with Crippen LogP contribution in [0.15, 0.2) is 18.3 Å². The quantitative estimate of drug-likeness (QED) is 0.763. The summed E-state index contributed by atoms with van der Waals surface area (Å²) in [5.41, 5.74) is 0. The second kappa shape index (κ2) is 5.51. The van der Waals surface area contributed by atoms with E-state index in [1.165, 1.54) is 0 Å². The average molecular weight is 242 g/mol. The molecule has 88 valence electrons. The van der Waals surface area contributed by atoms with E-state index in [1.54, 1.807) is 19.4 Å². The van der Waals surface area contributed by atoms with Gasteiger partial charge in [0.2, 0.25) is 0 Å². The van der Waals surface area contributed by atoms with E-state index in [0.717, 1.165) is 31.4 Å². The lowest BCUT2D eigenvalue weighted by Gasteiger charge is -2.28. The lowest BCUT2D eigenvalue weighted by atomic mass is 9.95. The summed E-state index contributed by atoms with van der Waals surface area (Å²) in [5, 5.41) is 0.469. The number of hydrogen-bond acceptors (Lipinski definition) is 3. The molecule has 0 spiro atoms. The largest absolute Gasteiger partial charge is 0.490 e. The van der Waals surface area contributed by atoms with Crippen molar-refractivity contribution in [1.82, 2.24) is 4.98 Å². The standard InChI is InChI=1S/C12H16ClNO2/c1-15-9-3-2-4-10(7-9)16-11-5-6-14-12(13)8-11/h5-6,8-10H,2-4,7H2,1H3. The molecule has 1 fully saturated rings. The number of halogens is 1. The van der Waals surface area contributed by atoms with Crippen molar-refractivity contribution in [2.75, 3.05) is 7.11 Å². The molecule has 2 unspecified atom stereocenters. The van der Waals surface area contributed by atoms with Crippen molar-refractivity contribution in [3.05, 3.63) is 23.5 Å². The highest BCUT2D eigenvalue weighted by Crippen LogP contribution is 2.25. The van der Waals surface area contributed by atoms with Gasteiger partial charge in [0.05, 0.1) is 6.10 Å². The molecule has 1 aromatic heterocycles. The zero-order chi connectivity index (χ0) is 11.4. The third kappa shape index (κ3) is 3.09. The van der Waals surface area contributed by atoms with Gasteiger partial charge in [-0.05, 0) is 25.3 Å². The Morgan fingerprint density at radius 1 is 1.38 bits per heavy atom. The van der Waals surface area contributed by atoms with E-state index in [4.69, 9.17) is 21.1 Å². The smallest absolute Gasteiger partial charge is 0.132 e. The topological polar surface area (TPSA) is 31.4 Å². The lowest BCUT2D eigenvalue weighted by Crippen LogP contribution is -2.29. The van der Waals surface area contributed by atoms with E-state index >= 15 is 0 Å². The first kappa shape index (κ1) is 11.7. The van der Waals surface area contributed by atoms with E-state index < -0.39 is 0 Å². The molecular formula is C12H16ClNO2. The second-order valence-corrected chi connectivity index (χ2v) is 4.47. The third-order valence-electron chi connectivity index (χ3n) is 2.91. The molecule has 1 heterocycles. The highest BCUT2D eigenvalue weighted by molar-refractivity contribution is 6.29. The van der Waals surface area contributed by atoms with Crippen molar-refractivity contribution in [2.45, 2.75) is 37.9 Å². The van der Waals surface area contributed by atoms with Gasteiger partial charge in [0.25, 0.3) is 0 Å². The Bertz CT molecular complexity index is 346. The maximum absolute atomic E-state index is 5.86. The van der Waals surface area contributed by atoms with Gasteiger partial charge in [-0.2, -0.15) is 0 Å². The van der Waals surface area contributed by atoms with Crippen LogP contribution in [0.3, 0.4) is 0 Å². The minimum atomic E-state index is 0.233. The van der Waals surface area contributed by atoms with E-state index in [2.05, 4.69) is 4.98 Å². The van der Waals surface area contributed by atoms with Crippen LogP contribution in [0.5, 0.6) is 5.75 Å². The first-order valence-corrected chi connectivity index (χ1v) is 5.96. The molecule has 0 aliphatic heterocycles. The lowest BCUT2D eigenvalue weighted by molar-refractivity contribution is 0.0209.